The molecule has 26 heavy (non-hydrogen) atoms. The minimum absolute atomic E-state index is 0.441. The summed E-state index contributed by atoms with van der Waals surface area (Å²) in [6, 6.07) is 15.1. The third kappa shape index (κ3) is 3.79. The van der Waals surface area contributed by atoms with Crippen molar-refractivity contribution < 1.29 is 8.83 Å². The van der Waals surface area contributed by atoms with Crippen LogP contribution in [0.15, 0.2) is 62.6 Å². The molecule has 0 N–H and O–H groups in total. The van der Waals surface area contributed by atoms with Crippen molar-refractivity contribution in [1.82, 2.24) is 20.4 Å². The van der Waals surface area contributed by atoms with Crippen molar-refractivity contribution in [2.24, 2.45) is 0 Å². The second-order valence-corrected chi connectivity index (χ2v) is 6.90. The third-order valence-electron chi connectivity index (χ3n) is 3.55. The van der Waals surface area contributed by atoms with Crippen LogP contribution in [0.5, 0.6) is 0 Å². The Kier molecular flexibility index (Phi) is 4.73. The molecule has 0 bridgehead atoms. The van der Waals surface area contributed by atoms with E-state index in [1.807, 2.05) is 43.3 Å². The van der Waals surface area contributed by atoms with E-state index in [0.29, 0.717) is 33.7 Å². The molecule has 0 saturated heterocycles. The molecule has 4 rings (SSSR count). The van der Waals surface area contributed by atoms with E-state index >= 15 is 0 Å². The van der Waals surface area contributed by atoms with E-state index < -0.39 is 0 Å². The quantitative estimate of drug-likeness (QED) is 0.446. The maximum atomic E-state index is 5.88. The second kappa shape index (κ2) is 7.31. The molecular weight excluding hydrogens is 372 g/mol. The third-order valence-corrected chi connectivity index (χ3v) is 4.60. The van der Waals surface area contributed by atoms with Crippen molar-refractivity contribution in [2.75, 3.05) is 0 Å². The Morgan fingerprint density at radius 3 is 2.46 bits per heavy atom. The molecule has 0 fully saturated rings. The normalized spacial score (nSPS) is 11.0. The summed E-state index contributed by atoms with van der Waals surface area (Å²) in [6.45, 7) is 2.02. The van der Waals surface area contributed by atoms with Crippen LogP contribution in [0.2, 0.25) is 5.02 Å². The maximum Gasteiger partial charge on any atom is 0.277 e. The lowest BCUT2D eigenvalue weighted by Gasteiger charge is -1.96. The Morgan fingerprint density at radius 2 is 1.65 bits per heavy atom. The summed E-state index contributed by atoms with van der Waals surface area (Å²) in [5.41, 5.74) is 2.85. The molecule has 0 aliphatic carbocycles. The molecule has 8 heteroatoms. The van der Waals surface area contributed by atoms with Crippen LogP contribution in [0.4, 0.5) is 0 Å². The van der Waals surface area contributed by atoms with Crippen LogP contribution in [0.1, 0.15) is 11.5 Å². The number of hydrogen-bond acceptors (Lipinski definition) is 7. The average molecular weight is 385 g/mol. The molecule has 2 aromatic heterocycles. The van der Waals surface area contributed by atoms with Gasteiger partial charge in [-0.05, 0) is 43.3 Å². The number of hydrogen-bond donors (Lipinski definition) is 0. The highest BCUT2D eigenvalue weighted by molar-refractivity contribution is 7.98. The van der Waals surface area contributed by atoms with E-state index in [9.17, 15) is 0 Å². The predicted octanol–water partition coefficient (Wildman–Crippen LogP) is 5.04. The van der Waals surface area contributed by atoms with Gasteiger partial charge < -0.3 is 8.83 Å². The van der Waals surface area contributed by atoms with Gasteiger partial charge in [0.25, 0.3) is 5.22 Å². The zero-order valence-corrected chi connectivity index (χ0v) is 15.3. The Morgan fingerprint density at radius 1 is 0.885 bits per heavy atom. The topological polar surface area (TPSA) is 77.8 Å². The molecule has 0 atom stereocenters. The molecular formula is C18H13ClN4O2S. The highest BCUT2D eigenvalue weighted by Crippen LogP contribution is 2.27. The molecule has 0 spiro atoms. The van der Waals surface area contributed by atoms with Gasteiger partial charge in [-0.3, -0.25) is 0 Å². The van der Waals surface area contributed by atoms with Crippen molar-refractivity contribution in [1.29, 1.82) is 0 Å². The van der Waals surface area contributed by atoms with E-state index in [4.69, 9.17) is 20.4 Å². The van der Waals surface area contributed by atoms with Gasteiger partial charge >= 0.3 is 0 Å². The minimum atomic E-state index is 0.441. The second-order valence-electron chi connectivity index (χ2n) is 5.54. The van der Waals surface area contributed by atoms with Crippen molar-refractivity contribution in [2.45, 2.75) is 17.9 Å². The highest BCUT2D eigenvalue weighted by atomic mass is 35.5. The standard InChI is InChI=1S/C18H13ClN4O2S/c1-11-3-2-4-13(9-11)17-22-23-18(25-17)26-10-15-20-21-16(24-15)12-5-7-14(19)8-6-12/h2-9H,10H2,1H3. The summed E-state index contributed by atoms with van der Waals surface area (Å²) >= 11 is 7.23. The van der Waals surface area contributed by atoms with E-state index in [2.05, 4.69) is 20.4 Å². The SMILES string of the molecule is Cc1cccc(-c2nnc(SCc3nnc(-c4ccc(Cl)cc4)o3)o2)c1. The van der Waals surface area contributed by atoms with E-state index in [0.717, 1.165) is 16.7 Å². The van der Waals surface area contributed by atoms with Gasteiger partial charge in [0.2, 0.25) is 17.7 Å². The summed E-state index contributed by atoms with van der Waals surface area (Å²) in [7, 11) is 0. The Hall–Kier alpha value is -2.64. The molecule has 0 unspecified atom stereocenters. The van der Waals surface area contributed by atoms with E-state index in [1.165, 1.54) is 11.8 Å². The van der Waals surface area contributed by atoms with Crippen LogP contribution in [0.3, 0.4) is 0 Å². The predicted molar refractivity (Wildman–Crippen MR) is 98.8 cm³/mol. The molecule has 2 heterocycles. The van der Waals surface area contributed by atoms with Crippen molar-refractivity contribution in [3.05, 3.63) is 65.0 Å². The van der Waals surface area contributed by atoms with Crippen LogP contribution < -0.4 is 0 Å². The molecule has 130 valence electrons. The summed E-state index contributed by atoms with van der Waals surface area (Å²) < 4.78 is 11.3. The van der Waals surface area contributed by atoms with Crippen LogP contribution in [-0.4, -0.2) is 20.4 Å². The number of halogens is 1. The summed E-state index contributed by atoms with van der Waals surface area (Å²) in [5, 5.41) is 17.3. The fraction of sp³-hybridized carbons (Fsp3) is 0.111. The molecule has 0 amide bonds. The first kappa shape index (κ1) is 16.8. The van der Waals surface area contributed by atoms with E-state index in [1.54, 1.807) is 12.1 Å². The largest absolute Gasteiger partial charge is 0.420 e. The fourth-order valence-electron chi connectivity index (χ4n) is 2.31. The lowest BCUT2D eigenvalue weighted by Crippen LogP contribution is -1.80. The molecule has 0 radical (unpaired) electrons. The monoisotopic (exact) mass is 384 g/mol. The number of benzene rings is 2. The summed E-state index contributed by atoms with van der Waals surface area (Å²) in [5.74, 6) is 1.86. The first-order valence-electron chi connectivity index (χ1n) is 7.79. The van der Waals surface area contributed by atoms with Gasteiger partial charge in [0.1, 0.15) is 0 Å². The highest BCUT2D eigenvalue weighted by Gasteiger charge is 2.13. The van der Waals surface area contributed by atoms with Gasteiger partial charge in [0, 0.05) is 16.1 Å². The lowest BCUT2D eigenvalue weighted by atomic mass is 10.1. The molecule has 0 aliphatic rings. The first-order valence-corrected chi connectivity index (χ1v) is 9.15. The zero-order valence-electron chi connectivity index (χ0n) is 13.7. The van der Waals surface area contributed by atoms with Gasteiger partial charge in [0.05, 0.1) is 5.75 Å². The summed E-state index contributed by atoms with van der Waals surface area (Å²) in [4.78, 5) is 0. The van der Waals surface area contributed by atoms with Gasteiger partial charge in [-0.25, -0.2) is 0 Å². The van der Waals surface area contributed by atoms with Crippen molar-refractivity contribution in [3.63, 3.8) is 0 Å². The number of thioether (sulfide) groups is 1. The van der Waals surface area contributed by atoms with E-state index in [-0.39, 0.29) is 0 Å². The fourth-order valence-corrected chi connectivity index (χ4v) is 3.03. The van der Waals surface area contributed by atoms with Gasteiger partial charge in [-0.15, -0.1) is 20.4 Å². The molecule has 4 aromatic rings. The first-order chi connectivity index (χ1) is 12.7. The van der Waals surface area contributed by atoms with Crippen LogP contribution in [-0.2, 0) is 5.75 Å². The number of rotatable bonds is 5. The minimum Gasteiger partial charge on any atom is -0.420 e. The number of aryl methyl sites for hydroxylation is 1. The Labute approximate surface area is 158 Å². The molecule has 6 nitrogen and oxygen atoms in total. The van der Waals surface area contributed by atoms with Crippen molar-refractivity contribution in [3.8, 4) is 22.9 Å². The average Bonchev–Trinajstić information content (AvgIpc) is 3.30. The van der Waals surface area contributed by atoms with Gasteiger partial charge in [0.15, 0.2) is 0 Å². The van der Waals surface area contributed by atoms with Gasteiger partial charge in [-0.2, -0.15) is 0 Å². The van der Waals surface area contributed by atoms with Crippen molar-refractivity contribution >= 4 is 23.4 Å². The smallest absolute Gasteiger partial charge is 0.277 e. The van der Waals surface area contributed by atoms with Crippen LogP contribution in [0, 0.1) is 6.92 Å². The molecule has 0 saturated carbocycles. The zero-order chi connectivity index (χ0) is 17.9. The van der Waals surface area contributed by atoms with Crippen LogP contribution in [0.25, 0.3) is 22.9 Å². The lowest BCUT2D eigenvalue weighted by molar-refractivity contribution is 0.464. The van der Waals surface area contributed by atoms with Crippen LogP contribution >= 0.6 is 23.4 Å². The Bertz CT molecular complexity index is 1030. The number of nitrogens with zero attached hydrogens (tertiary/aromatic N) is 4. The summed E-state index contributed by atoms with van der Waals surface area (Å²) in [6.07, 6.45) is 0. The molecule has 2 aromatic carbocycles. The van der Waals surface area contributed by atoms with Gasteiger partial charge in [-0.1, -0.05) is 41.1 Å². The number of aromatic nitrogens is 4. The molecule has 0 aliphatic heterocycles. The maximum absolute atomic E-state index is 5.88. The Balaban J connectivity index is 1.43.